The van der Waals surface area contributed by atoms with Crippen molar-refractivity contribution in [1.82, 2.24) is 4.57 Å². The molecule has 2 atom stereocenters. The minimum absolute atomic E-state index is 0.0439. The largest absolute Gasteiger partial charge is 0.477 e. The minimum atomic E-state index is -1.28. The lowest BCUT2D eigenvalue weighted by molar-refractivity contribution is 0.0695. The second-order valence-electron chi connectivity index (χ2n) is 7.90. The topological polar surface area (TPSA) is 88.6 Å². The van der Waals surface area contributed by atoms with Crippen LogP contribution >= 0.6 is 0 Å². The van der Waals surface area contributed by atoms with E-state index in [0.717, 1.165) is 25.8 Å². The van der Waals surface area contributed by atoms with Gasteiger partial charge in [-0.2, -0.15) is 0 Å². The van der Waals surface area contributed by atoms with Crippen molar-refractivity contribution < 1.29 is 14.3 Å². The van der Waals surface area contributed by atoms with Gasteiger partial charge in [-0.1, -0.05) is 0 Å². The van der Waals surface area contributed by atoms with E-state index in [2.05, 4.69) is 0 Å². The molecule has 2 fully saturated rings. The summed E-state index contributed by atoms with van der Waals surface area (Å²) >= 11 is 0. The molecule has 1 aliphatic carbocycles. The van der Waals surface area contributed by atoms with Crippen LogP contribution in [0, 0.1) is 18.7 Å². The zero-order chi connectivity index (χ0) is 19.5. The van der Waals surface area contributed by atoms with Gasteiger partial charge in [-0.15, -0.1) is 0 Å². The first-order valence-electron chi connectivity index (χ1n) is 9.41. The molecule has 2 aliphatic rings. The van der Waals surface area contributed by atoms with Crippen molar-refractivity contribution in [3.63, 3.8) is 0 Å². The molecule has 6 nitrogen and oxygen atoms in total. The van der Waals surface area contributed by atoms with E-state index in [1.54, 1.807) is 13.0 Å². The molecule has 0 radical (unpaired) electrons. The molecule has 3 N–H and O–H groups in total. The molecule has 2 aromatic rings. The molecule has 144 valence electrons. The highest BCUT2D eigenvalue weighted by Crippen LogP contribution is 2.39. The number of rotatable bonds is 4. The van der Waals surface area contributed by atoms with Gasteiger partial charge in [-0.25, -0.2) is 9.18 Å². The smallest absolute Gasteiger partial charge is 0.341 e. The molecule has 0 unspecified atom stereocenters. The molecule has 7 heteroatoms. The SMILES string of the molecule is Cc1c(F)c(N2CC[C@H]([C@@H](C)N)C2)cc2c1c(=O)c(C(=O)O)cn2C1CC1. The molecule has 0 spiro atoms. The fourth-order valence-corrected chi connectivity index (χ4v) is 4.12. The van der Waals surface area contributed by atoms with Crippen molar-refractivity contribution in [2.24, 2.45) is 11.7 Å². The Morgan fingerprint density at radius 2 is 2.07 bits per heavy atom. The third-order valence-electron chi connectivity index (χ3n) is 5.96. The Bertz CT molecular complexity index is 994. The lowest BCUT2D eigenvalue weighted by atomic mass is 10.0. The minimum Gasteiger partial charge on any atom is -0.477 e. The van der Waals surface area contributed by atoms with Crippen LogP contribution in [0.1, 0.15) is 48.1 Å². The molecule has 4 rings (SSSR count). The Hall–Kier alpha value is -2.41. The van der Waals surface area contributed by atoms with Crippen LogP contribution in [-0.2, 0) is 0 Å². The lowest BCUT2D eigenvalue weighted by Crippen LogP contribution is -2.30. The van der Waals surface area contributed by atoms with E-state index in [0.29, 0.717) is 23.7 Å². The summed E-state index contributed by atoms with van der Waals surface area (Å²) in [5, 5.41) is 9.57. The van der Waals surface area contributed by atoms with Crippen molar-refractivity contribution in [2.75, 3.05) is 18.0 Å². The number of anilines is 1. The van der Waals surface area contributed by atoms with Crippen LogP contribution in [0.4, 0.5) is 10.1 Å². The summed E-state index contributed by atoms with van der Waals surface area (Å²) in [5.41, 5.74) is 6.40. The van der Waals surface area contributed by atoms with E-state index >= 15 is 4.39 Å². The predicted octanol–water partition coefficient (Wildman–Crippen LogP) is 2.66. The van der Waals surface area contributed by atoms with Gasteiger partial charge in [0.2, 0.25) is 5.43 Å². The van der Waals surface area contributed by atoms with Crippen molar-refractivity contribution in [1.29, 1.82) is 0 Å². The highest BCUT2D eigenvalue weighted by molar-refractivity contribution is 5.95. The van der Waals surface area contributed by atoms with Gasteiger partial charge in [0.05, 0.1) is 16.6 Å². The molecule has 27 heavy (non-hydrogen) atoms. The average molecular weight is 373 g/mol. The number of nitrogens with zero attached hydrogens (tertiary/aromatic N) is 2. The number of aromatic carboxylic acids is 1. The first-order valence-corrected chi connectivity index (χ1v) is 9.41. The summed E-state index contributed by atoms with van der Waals surface area (Å²) in [6.45, 7) is 4.92. The fraction of sp³-hybridized carbons (Fsp3) is 0.500. The Kier molecular flexibility index (Phi) is 4.22. The van der Waals surface area contributed by atoms with Crippen LogP contribution in [-0.4, -0.2) is 34.8 Å². The summed E-state index contributed by atoms with van der Waals surface area (Å²) in [4.78, 5) is 26.2. The third kappa shape index (κ3) is 2.90. The number of nitrogens with two attached hydrogens (primary N) is 1. The molecule has 1 aromatic heterocycles. The van der Waals surface area contributed by atoms with Gasteiger partial charge >= 0.3 is 5.97 Å². The zero-order valence-electron chi connectivity index (χ0n) is 15.5. The number of hydrogen-bond acceptors (Lipinski definition) is 4. The van der Waals surface area contributed by atoms with E-state index in [-0.39, 0.29) is 28.6 Å². The first kappa shape index (κ1) is 18.0. The summed E-state index contributed by atoms with van der Waals surface area (Å²) in [6, 6.07) is 1.92. The number of halogens is 1. The van der Waals surface area contributed by atoms with Crippen LogP contribution in [0.2, 0.25) is 0 Å². The van der Waals surface area contributed by atoms with E-state index < -0.39 is 17.2 Å². The summed E-state index contributed by atoms with van der Waals surface area (Å²) in [6.07, 6.45) is 4.18. The summed E-state index contributed by atoms with van der Waals surface area (Å²) in [5.74, 6) is -1.42. The zero-order valence-corrected chi connectivity index (χ0v) is 15.5. The van der Waals surface area contributed by atoms with Crippen LogP contribution in [0.3, 0.4) is 0 Å². The molecule has 0 amide bonds. The Labute approximate surface area is 156 Å². The molecule has 0 bridgehead atoms. The number of carboxylic acid groups (broad SMARTS) is 1. The van der Waals surface area contributed by atoms with Crippen molar-refractivity contribution in [2.45, 2.75) is 45.2 Å². The second kappa shape index (κ2) is 6.34. The van der Waals surface area contributed by atoms with E-state index in [1.165, 1.54) is 6.20 Å². The van der Waals surface area contributed by atoms with E-state index in [4.69, 9.17) is 5.73 Å². The van der Waals surface area contributed by atoms with Gasteiger partial charge in [-0.05, 0) is 45.1 Å². The lowest BCUT2D eigenvalue weighted by Gasteiger charge is -2.23. The average Bonchev–Trinajstić information content (AvgIpc) is 3.33. The second-order valence-corrected chi connectivity index (χ2v) is 7.90. The van der Waals surface area contributed by atoms with E-state index in [9.17, 15) is 14.7 Å². The number of aryl methyl sites for hydroxylation is 1. The standard InChI is InChI=1S/C20H24FN3O3/c1-10-17-15(24(13-3-4-13)9-14(19(17)25)20(26)27)7-16(18(10)21)23-6-5-12(8-23)11(2)22/h7,9,11-13H,3-6,8,22H2,1-2H3,(H,26,27)/t11-,12+/m1/s1. The van der Waals surface area contributed by atoms with Gasteiger partial charge in [0, 0.05) is 36.9 Å². The molecule has 1 saturated heterocycles. The first-order chi connectivity index (χ1) is 12.8. The number of pyridine rings is 1. The number of benzene rings is 1. The maximum Gasteiger partial charge on any atom is 0.341 e. The summed E-state index contributed by atoms with van der Waals surface area (Å²) < 4.78 is 17.0. The maximum absolute atomic E-state index is 15.2. The molecule has 2 heterocycles. The van der Waals surface area contributed by atoms with Crippen molar-refractivity contribution in [3.05, 3.63) is 39.4 Å². The van der Waals surface area contributed by atoms with E-state index in [1.807, 2.05) is 16.4 Å². The summed E-state index contributed by atoms with van der Waals surface area (Å²) in [7, 11) is 0. The fourth-order valence-electron chi connectivity index (χ4n) is 4.12. The van der Waals surface area contributed by atoms with Crippen LogP contribution in [0.25, 0.3) is 10.9 Å². The molecular formula is C20H24FN3O3. The van der Waals surface area contributed by atoms with Crippen molar-refractivity contribution >= 4 is 22.6 Å². The van der Waals surface area contributed by atoms with Gasteiger partial charge in [-0.3, -0.25) is 4.79 Å². The Balaban J connectivity index is 1.93. The van der Waals surface area contributed by atoms with Crippen LogP contribution in [0.5, 0.6) is 0 Å². The molecule has 1 aliphatic heterocycles. The van der Waals surface area contributed by atoms with Gasteiger partial charge in [0.15, 0.2) is 0 Å². The Morgan fingerprint density at radius 3 is 2.63 bits per heavy atom. The predicted molar refractivity (Wildman–Crippen MR) is 102 cm³/mol. The highest BCUT2D eigenvalue weighted by Gasteiger charge is 2.31. The number of carboxylic acids is 1. The molecule has 1 saturated carbocycles. The quantitative estimate of drug-likeness (QED) is 0.860. The van der Waals surface area contributed by atoms with Gasteiger partial charge < -0.3 is 20.3 Å². The van der Waals surface area contributed by atoms with Crippen LogP contribution in [0.15, 0.2) is 17.1 Å². The number of carbonyl (C=O) groups is 1. The normalized spacial score (nSPS) is 21.0. The number of aromatic nitrogens is 1. The highest BCUT2D eigenvalue weighted by atomic mass is 19.1. The van der Waals surface area contributed by atoms with Crippen LogP contribution < -0.4 is 16.1 Å². The molecular weight excluding hydrogens is 349 g/mol. The number of fused-ring (bicyclic) bond motifs is 1. The monoisotopic (exact) mass is 373 g/mol. The number of hydrogen-bond donors (Lipinski definition) is 2. The maximum atomic E-state index is 15.2. The Morgan fingerprint density at radius 1 is 1.37 bits per heavy atom. The van der Waals surface area contributed by atoms with Gasteiger partial charge in [0.1, 0.15) is 11.4 Å². The third-order valence-corrected chi connectivity index (χ3v) is 5.96. The molecule has 1 aromatic carbocycles. The van der Waals surface area contributed by atoms with Crippen molar-refractivity contribution in [3.8, 4) is 0 Å². The van der Waals surface area contributed by atoms with Gasteiger partial charge in [0.25, 0.3) is 0 Å².